The van der Waals surface area contributed by atoms with Crippen LogP contribution in [0.3, 0.4) is 0 Å². The van der Waals surface area contributed by atoms with E-state index < -0.39 is 0 Å². The summed E-state index contributed by atoms with van der Waals surface area (Å²) >= 11 is 0. The van der Waals surface area contributed by atoms with E-state index in [-0.39, 0.29) is 0 Å². The number of unbranched alkanes of at least 4 members (excludes halogenated alkanes) is 13. The quantitative estimate of drug-likeness (QED) is 0.219. The number of rotatable bonds is 19. The summed E-state index contributed by atoms with van der Waals surface area (Å²) in [7, 11) is 0. The fourth-order valence-corrected chi connectivity index (χ4v) is 3.08. The Balaban J connectivity index is 2.95. The largest absolute Gasteiger partial charge is 0.381 e. The monoisotopic (exact) mass is 326 g/mol. The fraction of sp³-hybridized carbons (Fsp3) is 1.00. The van der Waals surface area contributed by atoms with Gasteiger partial charge in [0, 0.05) is 13.2 Å². The van der Waals surface area contributed by atoms with Crippen LogP contribution in [0.5, 0.6) is 0 Å². The van der Waals surface area contributed by atoms with Crippen LogP contribution in [0, 0.1) is 5.92 Å². The van der Waals surface area contributed by atoms with Gasteiger partial charge < -0.3 is 4.74 Å². The molecule has 140 valence electrons. The van der Waals surface area contributed by atoms with Crippen LogP contribution in [0.15, 0.2) is 0 Å². The zero-order valence-corrected chi connectivity index (χ0v) is 16.7. The standard InChI is InChI=1S/C22H46O/c1-4-5-6-7-8-9-10-11-14-17-20-23-21-18-15-12-13-16-19-22(2)3/h22H,4-21H2,1-3H3. The minimum Gasteiger partial charge on any atom is -0.381 e. The van der Waals surface area contributed by atoms with Crippen LogP contribution in [0.1, 0.15) is 124 Å². The van der Waals surface area contributed by atoms with Crippen LogP contribution in [-0.2, 0) is 4.74 Å². The fourth-order valence-electron chi connectivity index (χ4n) is 3.08. The third-order valence-electron chi connectivity index (χ3n) is 4.71. The van der Waals surface area contributed by atoms with E-state index in [4.69, 9.17) is 4.74 Å². The van der Waals surface area contributed by atoms with E-state index in [1.807, 2.05) is 0 Å². The van der Waals surface area contributed by atoms with E-state index in [9.17, 15) is 0 Å². The summed E-state index contributed by atoms with van der Waals surface area (Å²) in [6, 6.07) is 0. The highest BCUT2D eigenvalue weighted by Crippen LogP contribution is 2.11. The molecule has 0 aliphatic heterocycles. The Kier molecular flexibility index (Phi) is 20.0. The first kappa shape index (κ1) is 23.0. The summed E-state index contributed by atoms with van der Waals surface area (Å²) in [5, 5.41) is 0. The number of ether oxygens (including phenoxy) is 1. The topological polar surface area (TPSA) is 9.23 Å². The van der Waals surface area contributed by atoms with Gasteiger partial charge in [-0.3, -0.25) is 0 Å². The molecule has 0 heterocycles. The normalized spacial score (nSPS) is 11.5. The van der Waals surface area contributed by atoms with E-state index in [1.165, 1.54) is 103 Å². The van der Waals surface area contributed by atoms with Crippen molar-refractivity contribution in [3.8, 4) is 0 Å². The van der Waals surface area contributed by atoms with Crippen molar-refractivity contribution in [2.24, 2.45) is 5.92 Å². The van der Waals surface area contributed by atoms with Crippen molar-refractivity contribution >= 4 is 0 Å². The van der Waals surface area contributed by atoms with Crippen LogP contribution in [-0.4, -0.2) is 13.2 Å². The second-order valence-corrected chi connectivity index (χ2v) is 7.74. The van der Waals surface area contributed by atoms with Gasteiger partial charge >= 0.3 is 0 Å². The van der Waals surface area contributed by atoms with Crippen molar-refractivity contribution in [2.45, 2.75) is 124 Å². The van der Waals surface area contributed by atoms with Gasteiger partial charge in [-0.25, -0.2) is 0 Å². The van der Waals surface area contributed by atoms with E-state index in [1.54, 1.807) is 0 Å². The number of hydrogen-bond donors (Lipinski definition) is 0. The van der Waals surface area contributed by atoms with Crippen LogP contribution < -0.4 is 0 Å². The lowest BCUT2D eigenvalue weighted by Gasteiger charge is -2.06. The van der Waals surface area contributed by atoms with E-state index in [0.29, 0.717) is 0 Å². The van der Waals surface area contributed by atoms with Gasteiger partial charge in [0.05, 0.1) is 0 Å². The van der Waals surface area contributed by atoms with Crippen molar-refractivity contribution in [2.75, 3.05) is 13.2 Å². The van der Waals surface area contributed by atoms with Gasteiger partial charge in [0.2, 0.25) is 0 Å². The molecule has 1 heteroatoms. The van der Waals surface area contributed by atoms with Gasteiger partial charge in [0.1, 0.15) is 0 Å². The van der Waals surface area contributed by atoms with Gasteiger partial charge in [-0.05, 0) is 18.8 Å². The highest BCUT2D eigenvalue weighted by Gasteiger charge is 1.96. The summed E-state index contributed by atoms with van der Waals surface area (Å²) < 4.78 is 5.75. The van der Waals surface area contributed by atoms with Gasteiger partial charge in [0.15, 0.2) is 0 Å². The molecule has 0 aromatic rings. The molecule has 0 saturated heterocycles. The van der Waals surface area contributed by atoms with Gasteiger partial charge in [-0.2, -0.15) is 0 Å². The second-order valence-electron chi connectivity index (χ2n) is 7.74. The molecule has 0 saturated carbocycles. The maximum atomic E-state index is 5.75. The van der Waals surface area contributed by atoms with Gasteiger partial charge in [-0.15, -0.1) is 0 Å². The van der Waals surface area contributed by atoms with Crippen LogP contribution in [0.4, 0.5) is 0 Å². The third kappa shape index (κ3) is 22.0. The Morgan fingerprint density at radius 1 is 0.522 bits per heavy atom. The Morgan fingerprint density at radius 2 is 0.913 bits per heavy atom. The lowest BCUT2D eigenvalue weighted by molar-refractivity contribution is 0.125. The zero-order chi connectivity index (χ0) is 17.0. The average Bonchev–Trinajstić information content (AvgIpc) is 2.53. The maximum Gasteiger partial charge on any atom is 0.0466 e. The van der Waals surface area contributed by atoms with E-state index in [2.05, 4.69) is 20.8 Å². The first-order valence-corrected chi connectivity index (χ1v) is 10.8. The lowest BCUT2D eigenvalue weighted by atomic mass is 10.0. The molecule has 0 fully saturated rings. The molecule has 0 aromatic heterocycles. The van der Waals surface area contributed by atoms with Crippen molar-refractivity contribution in [3.05, 3.63) is 0 Å². The lowest BCUT2D eigenvalue weighted by Crippen LogP contribution is -1.97. The average molecular weight is 327 g/mol. The molecule has 0 unspecified atom stereocenters. The summed E-state index contributed by atoms with van der Waals surface area (Å²) in [5.41, 5.74) is 0. The molecule has 0 amide bonds. The first-order chi connectivity index (χ1) is 11.3. The first-order valence-electron chi connectivity index (χ1n) is 10.8. The highest BCUT2D eigenvalue weighted by molar-refractivity contribution is 4.49. The molecule has 23 heavy (non-hydrogen) atoms. The molecule has 0 radical (unpaired) electrons. The molecule has 0 aromatic carbocycles. The Morgan fingerprint density at radius 3 is 1.35 bits per heavy atom. The molecule has 1 nitrogen and oxygen atoms in total. The molecular formula is C22H46O. The molecule has 0 rings (SSSR count). The van der Waals surface area contributed by atoms with Crippen LogP contribution in [0.25, 0.3) is 0 Å². The Bertz CT molecular complexity index is 200. The van der Waals surface area contributed by atoms with Crippen LogP contribution in [0.2, 0.25) is 0 Å². The maximum absolute atomic E-state index is 5.75. The second kappa shape index (κ2) is 20.0. The molecule has 0 spiro atoms. The third-order valence-corrected chi connectivity index (χ3v) is 4.71. The molecule has 0 N–H and O–H groups in total. The minimum atomic E-state index is 0.874. The van der Waals surface area contributed by atoms with E-state index >= 15 is 0 Å². The predicted octanol–water partition coefficient (Wildman–Crippen LogP) is 7.92. The van der Waals surface area contributed by atoms with Crippen molar-refractivity contribution < 1.29 is 4.74 Å². The van der Waals surface area contributed by atoms with Crippen molar-refractivity contribution in [1.29, 1.82) is 0 Å². The summed E-state index contributed by atoms with van der Waals surface area (Å²) in [4.78, 5) is 0. The minimum absolute atomic E-state index is 0.874. The molecule has 0 aliphatic rings. The predicted molar refractivity (Wildman–Crippen MR) is 105 cm³/mol. The number of hydrogen-bond acceptors (Lipinski definition) is 1. The zero-order valence-electron chi connectivity index (χ0n) is 16.7. The molecule has 0 atom stereocenters. The molecule has 0 bridgehead atoms. The smallest absolute Gasteiger partial charge is 0.0466 e. The van der Waals surface area contributed by atoms with Gasteiger partial charge in [-0.1, -0.05) is 111 Å². The van der Waals surface area contributed by atoms with Crippen molar-refractivity contribution in [1.82, 2.24) is 0 Å². The van der Waals surface area contributed by atoms with Crippen LogP contribution >= 0.6 is 0 Å². The summed E-state index contributed by atoms with van der Waals surface area (Å²) in [5.74, 6) is 0.874. The SMILES string of the molecule is CCCCCCCCCCCCOCCCCCCCC(C)C. The van der Waals surface area contributed by atoms with Gasteiger partial charge in [0.25, 0.3) is 0 Å². The molecular weight excluding hydrogens is 280 g/mol. The van der Waals surface area contributed by atoms with Crippen molar-refractivity contribution in [3.63, 3.8) is 0 Å². The highest BCUT2D eigenvalue weighted by atomic mass is 16.5. The Hall–Kier alpha value is -0.0400. The van der Waals surface area contributed by atoms with E-state index in [0.717, 1.165) is 19.1 Å². The Labute approximate surface area is 148 Å². The molecule has 0 aliphatic carbocycles. The summed E-state index contributed by atoms with van der Waals surface area (Å²) in [6.45, 7) is 8.91. The summed E-state index contributed by atoms with van der Waals surface area (Å²) in [6.07, 6.45) is 22.3.